The lowest BCUT2D eigenvalue weighted by Crippen LogP contribution is -2.25. The third-order valence-corrected chi connectivity index (χ3v) is 5.48. The Morgan fingerprint density at radius 1 is 1.26 bits per heavy atom. The number of fused-ring (bicyclic) bond motifs is 3. The lowest BCUT2D eigenvalue weighted by Gasteiger charge is -2.10. The Hall–Kier alpha value is -2.52. The predicted molar refractivity (Wildman–Crippen MR) is 88.6 cm³/mol. The number of rotatable bonds is 2. The van der Waals surface area contributed by atoms with Gasteiger partial charge in [0.2, 0.25) is 0 Å². The van der Waals surface area contributed by atoms with Gasteiger partial charge in [-0.3, -0.25) is 4.79 Å². The third kappa shape index (κ3) is 2.34. The first-order valence-corrected chi connectivity index (χ1v) is 8.45. The highest BCUT2D eigenvalue weighted by molar-refractivity contribution is 7.18. The van der Waals surface area contributed by atoms with Crippen molar-refractivity contribution in [1.29, 1.82) is 5.26 Å². The van der Waals surface area contributed by atoms with Crippen molar-refractivity contribution in [2.75, 3.05) is 0 Å². The maximum absolute atomic E-state index is 12.8. The summed E-state index contributed by atoms with van der Waals surface area (Å²) in [5.41, 5.74) is 2.42. The molecule has 2 aromatic heterocycles. The molecule has 1 aliphatic carbocycles. The summed E-state index contributed by atoms with van der Waals surface area (Å²) in [6.45, 7) is 0.274. The van der Waals surface area contributed by atoms with Crippen molar-refractivity contribution >= 4 is 21.6 Å². The molecular formula is C17H14N4OS. The molecule has 0 saturated heterocycles. The molecule has 0 fully saturated rings. The van der Waals surface area contributed by atoms with E-state index in [9.17, 15) is 10.1 Å². The van der Waals surface area contributed by atoms with Gasteiger partial charge in [0.25, 0.3) is 5.56 Å². The zero-order valence-electron chi connectivity index (χ0n) is 12.5. The Bertz CT molecular complexity index is 996. The van der Waals surface area contributed by atoms with E-state index in [1.165, 1.54) is 21.5 Å². The number of aryl methyl sites for hydroxylation is 2. The van der Waals surface area contributed by atoms with Crippen LogP contribution in [0.15, 0.2) is 29.1 Å². The fourth-order valence-corrected chi connectivity index (χ4v) is 4.34. The van der Waals surface area contributed by atoms with Gasteiger partial charge in [-0.05, 0) is 42.9 Å². The van der Waals surface area contributed by atoms with E-state index in [1.54, 1.807) is 17.4 Å². The maximum atomic E-state index is 12.8. The SMILES string of the molecule is N#Cc1ccccc1Cn1nnc2sc3c(c2c1=O)CCCC3. The molecule has 2 heterocycles. The second-order valence-corrected chi connectivity index (χ2v) is 6.80. The molecule has 0 N–H and O–H groups in total. The van der Waals surface area contributed by atoms with Gasteiger partial charge in [-0.1, -0.05) is 23.4 Å². The largest absolute Gasteiger partial charge is 0.279 e. The van der Waals surface area contributed by atoms with Gasteiger partial charge < -0.3 is 0 Å². The summed E-state index contributed by atoms with van der Waals surface area (Å²) in [5, 5.41) is 18.2. The monoisotopic (exact) mass is 322 g/mol. The Balaban J connectivity index is 1.84. The van der Waals surface area contributed by atoms with Crippen molar-refractivity contribution in [2.24, 2.45) is 0 Å². The molecule has 6 heteroatoms. The van der Waals surface area contributed by atoms with E-state index in [4.69, 9.17) is 0 Å². The molecule has 0 aliphatic heterocycles. The lowest BCUT2D eigenvalue weighted by atomic mass is 9.97. The van der Waals surface area contributed by atoms with Crippen molar-refractivity contribution in [3.63, 3.8) is 0 Å². The van der Waals surface area contributed by atoms with E-state index in [-0.39, 0.29) is 12.1 Å². The minimum atomic E-state index is -0.0952. The van der Waals surface area contributed by atoms with Gasteiger partial charge in [-0.2, -0.15) is 5.26 Å². The van der Waals surface area contributed by atoms with Crippen LogP contribution in [0, 0.1) is 11.3 Å². The van der Waals surface area contributed by atoms with Gasteiger partial charge in [-0.15, -0.1) is 16.4 Å². The highest BCUT2D eigenvalue weighted by atomic mass is 32.1. The topological polar surface area (TPSA) is 71.6 Å². The number of hydrogen-bond acceptors (Lipinski definition) is 5. The molecule has 0 atom stereocenters. The Morgan fingerprint density at radius 3 is 2.96 bits per heavy atom. The van der Waals surface area contributed by atoms with Crippen LogP contribution < -0.4 is 5.56 Å². The fraction of sp³-hybridized carbons (Fsp3) is 0.294. The van der Waals surface area contributed by atoms with Crippen molar-refractivity contribution < 1.29 is 0 Å². The molecule has 0 amide bonds. The van der Waals surface area contributed by atoms with Gasteiger partial charge in [0.05, 0.1) is 23.6 Å². The highest BCUT2D eigenvalue weighted by Crippen LogP contribution is 2.33. The molecule has 0 spiro atoms. The summed E-state index contributed by atoms with van der Waals surface area (Å²) in [5.74, 6) is 0. The van der Waals surface area contributed by atoms with Crippen LogP contribution in [-0.2, 0) is 19.4 Å². The predicted octanol–water partition coefficient (Wildman–Crippen LogP) is 2.65. The molecule has 4 rings (SSSR count). The average molecular weight is 322 g/mol. The number of thiophene rings is 1. The molecule has 0 bridgehead atoms. The van der Waals surface area contributed by atoms with Crippen molar-refractivity contribution in [3.8, 4) is 6.07 Å². The minimum absolute atomic E-state index is 0.0952. The molecule has 5 nitrogen and oxygen atoms in total. The summed E-state index contributed by atoms with van der Waals surface area (Å²) in [7, 11) is 0. The zero-order chi connectivity index (χ0) is 15.8. The van der Waals surface area contributed by atoms with E-state index >= 15 is 0 Å². The fourth-order valence-electron chi connectivity index (χ4n) is 3.14. The number of nitrogens with zero attached hydrogens (tertiary/aromatic N) is 4. The Kier molecular flexibility index (Phi) is 3.43. The molecule has 1 aromatic carbocycles. The van der Waals surface area contributed by atoms with Gasteiger partial charge in [-0.25, -0.2) is 4.68 Å². The number of aromatic nitrogens is 3. The van der Waals surface area contributed by atoms with Crippen LogP contribution >= 0.6 is 11.3 Å². The van der Waals surface area contributed by atoms with Gasteiger partial charge in [0.15, 0.2) is 4.83 Å². The molecule has 0 radical (unpaired) electrons. The van der Waals surface area contributed by atoms with Crippen molar-refractivity contribution in [1.82, 2.24) is 15.0 Å². The second-order valence-electron chi connectivity index (χ2n) is 5.71. The Labute approximate surface area is 136 Å². The smallest absolute Gasteiger partial charge is 0.267 e. The van der Waals surface area contributed by atoms with Crippen LogP contribution in [0.3, 0.4) is 0 Å². The lowest BCUT2D eigenvalue weighted by molar-refractivity contribution is 0.600. The molecule has 3 aromatic rings. The van der Waals surface area contributed by atoms with Crippen LogP contribution in [-0.4, -0.2) is 15.0 Å². The number of nitriles is 1. The zero-order valence-corrected chi connectivity index (χ0v) is 13.3. The quantitative estimate of drug-likeness (QED) is 0.727. The van der Waals surface area contributed by atoms with E-state index in [0.717, 1.165) is 35.0 Å². The van der Waals surface area contributed by atoms with E-state index < -0.39 is 0 Å². The van der Waals surface area contributed by atoms with Crippen LogP contribution in [0.1, 0.15) is 34.4 Å². The molecule has 0 unspecified atom stereocenters. The molecular weight excluding hydrogens is 308 g/mol. The number of benzene rings is 1. The summed E-state index contributed by atoms with van der Waals surface area (Å²) < 4.78 is 1.38. The summed E-state index contributed by atoms with van der Waals surface area (Å²) in [6.07, 6.45) is 4.28. The standard InChI is InChI=1S/C17H14N4OS/c18-9-11-5-1-2-6-12(11)10-21-17(22)15-13-7-3-4-8-14(13)23-16(15)19-20-21/h1-2,5-6H,3-4,7-8,10H2. The van der Waals surface area contributed by atoms with Gasteiger partial charge >= 0.3 is 0 Å². The first kappa shape index (κ1) is 14.1. The van der Waals surface area contributed by atoms with E-state index in [1.807, 2.05) is 18.2 Å². The molecule has 1 aliphatic rings. The van der Waals surface area contributed by atoms with Gasteiger partial charge in [0.1, 0.15) is 0 Å². The summed E-state index contributed by atoms with van der Waals surface area (Å²) >= 11 is 1.60. The van der Waals surface area contributed by atoms with E-state index in [0.29, 0.717) is 5.56 Å². The Morgan fingerprint density at radius 2 is 2.09 bits per heavy atom. The van der Waals surface area contributed by atoms with Crippen LogP contribution in [0.2, 0.25) is 0 Å². The minimum Gasteiger partial charge on any atom is -0.267 e. The highest BCUT2D eigenvalue weighted by Gasteiger charge is 2.20. The first-order valence-electron chi connectivity index (χ1n) is 7.64. The third-order valence-electron chi connectivity index (χ3n) is 4.30. The molecule has 0 saturated carbocycles. The molecule has 114 valence electrons. The van der Waals surface area contributed by atoms with Crippen LogP contribution in [0.4, 0.5) is 0 Å². The first-order chi connectivity index (χ1) is 11.3. The van der Waals surface area contributed by atoms with Crippen LogP contribution in [0.25, 0.3) is 10.2 Å². The molecule has 23 heavy (non-hydrogen) atoms. The summed E-state index contributed by atoms with van der Waals surface area (Å²) in [4.78, 5) is 14.9. The normalized spacial score (nSPS) is 13.7. The number of hydrogen-bond donors (Lipinski definition) is 0. The van der Waals surface area contributed by atoms with Crippen molar-refractivity contribution in [3.05, 3.63) is 56.2 Å². The van der Waals surface area contributed by atoms with Crippen molar-refractivity contribution in [2.45, 2.75) is 32.2 Å². The average Bonchev–Trinajstić information content (AvgIpc) is 2.97. The second kappa shape index (κ2) is 5.60. The maximum Gasteiger partial charge on any atom is 0.279 e. The summed E-state index contributed by atoms with van der Waals surface area (Å²) in [6, 6.07) is 9.43. The van der Waals surface area contributed by atoms with Gasteiger partial charge in [0, 0.05) is 4.88 Å². The van der Waals surface area contributed by atoms with E-state index in [2.05, 4.69) is 16.4 Å². The van der Waals surface area contributed by atoms with Crippen LogP contribution in [0.5, 0.6) is 0 Å².